The molecule has 0 radical (unpaired) electrons. The van der Waals surface area contributed by atoms with Gasteiger partial charge in [0.05, 0.1) is 0 Å². The molecule has 6 nitrogen and oxygen atoms in total. The van der Waals surface area contributed by atoms with Gasteiger partial charge in [-0.2, -0.15) is 22.0 Å². The summed E-state index contributed by atoms with van der Waals surface area (Å²) in [7, 11) is -4.31. The summed E-state index contributed by atoms with van der Waals surface area (Å²) >= 11 is 0. The minimum atomic E-state index is -4.60. The predicted molar refractivity (Wildman–Crippen MR) is 82.9 cm³/mol. The van der Waals surface area contributed by atoms with Gasteiger partial charge in [0.1, 0.15) is 10.6 Å². The zero-order valence-electron chi connectivity index (χ0n) is 13.4. The molecular weight excluding hydrogens is 399 g/mol. The molecule has 2 aromatic rings. The quantitative estimate of drug-likeness (QED) is 0.675. The number of aromatic nitrogens is 1. The monoisotopic (exact) mass is 412 g/mol. The van der Waals surface area contributed by atoms with Crippen LogP contribution in [0.25, 0.3) is 0 Å². The normalized spacial score (nSPS) is 12.2. The maximum Gasteiger partial charge on any atom is 0.422 e. The molecule has 27 heavy (non-hydrogen) atoms. The van der Waals surface area contributed by atoms with Crippen molar-refractivity contribution in [2.75, 3.05) is 6.61 Å². The lowest BCUT2D eigenvalue weighted by atomic mass is 10.3. The number of hydrogen-bond donors (Lipinski definition) is 1. The Morgan fingerprint density at radius 2 is 1.81 bits per heavy atom. The molecule has 1 heterocycles. The molecule has 0 bridgehead atoms. The summed E-state index contributed by atoms with van der Waals surface area (Å²) in [6.45, 7) is -5.32. The van der Waals surface area contributed by atoms with E-state index in [-0.39, 0.29) is 5.56 Å². The molecule has 0 unspecified atom stereocenters. The first-order chi connectivity index (χ1) is 12.6. The standard InChI is InChI=1S/C15H13F5N2O4S/c16-14(17)26-11-5-1-2-6-12(11)27(23,24)22-8-10-4-3-7-21-13(10)25-9-15(18,19)20/h1-7,14,22H,8-9H2. The van der Waals surface area contributed by atoms with Crippen LogP contribution >= 0.6 is 0 Å². The summed E-state index contributed by atoms with van der Waals surface area (Å²) < 4.78 is 97.2. The number of nitrogens with one attached hydrogen (secondary N) is 1. The second-order valence-corrected chi connectivity index (χ2v) is 6.76. The van der Waals surface area contributed by atoms with Crippen LogP contribution in [0.4, 0.5) is 22.0 Å². The number of benzene rings is 1. The molecule has 0 saturated heterocycles. The molecule has 148 valence electrons. The Labute approximate surface area is 151 Å². The van der Waals surface area contributed by atoms with Crippen molar-refractivity contribution in [3.8, 4) is 11.6 Å². The van der Waals surface area contributed by atoms with Gasteiger partial charge in [0.15, 0.2) is 6.61 Å². The maximum absolute atomic E-state index is 12.4. The molecule has 12 heteroatoms. The van der Waals surface area contributed by atoms with E-state index >= 15 is 0 Å². The third kappa shape index (κ3) is 6.32. The van der Waals surface area contributed by atoms with Gasteiger partial charge in [0, 0.05) is 18.3 Å². The molecule has 0 amide bonds. The molecule has 2 rings (SSSR count). The van der Waals surface area contributed by atoms with Gasteiger partial charge in [0.2, 0.25) is 15.9 Å². The number of halogens is 5. The van der Waals surface area contributed by atoms with Crippen molar-refractivity contribution in [2.24, 2.45) is 0 Å². The topological polar surface area (TPSA) is 77.5 Å². The number of pyridine rings is 1. The SMILES string of the molecule is O=S(=O)(NCc1cccnc1OCC(F)(F)F)c1ccccc1OC(F)F. The Bertz CT molecular complexity index is 875. The van der Waals surface area contributed by atoms with E-state index in [1.165, 1.54) is 30.5 Å². The van der Waals surface area contributed by atoms with E-state index in [9.17, 15) is 30.4 Å². The van der Waals surface area contributed by atoms with Crippen LogP contribution in [0.15, 0.2) is 47.5 Å². The van der Waals surface area contributed by atoms with E-state index in [4.69, 9.17) is 0 Å². The predicted octanol–water partition coefficient (Wildman–Crippen LogP) is 3.10. The van der Waals surface area contributed by atoms with Crippen molar-refractivity contribution in [1.82, 2.24) is 9.71 Å². The second-order valence-electron chi connectivity index (χ2n) is 5.02. The zero-order valence-corrected chi connectivity index (χ0v) is 14.2. The molecule has 0 saturated carbocycles. The molecule has 0 atom stereocenters. The van der Waals surface area contributed by atoms with E-state index in [1.807, 2.05) is 0 Å². The van der Waals surface area contributed by atoms with Crippen LogP contribution in [0, 0.1) is 0 Å². The van der Waals surface area contributed by atoms with Crippen LogP contribution in [0.3, 0.4) is 0 Å². The minimum Gasteiger partial charge on any atom is -0.468 e. The number of ether oxygens (including phenoxy) is 2. The number of para-hydroxylation sites is 1. The minimum absolute atomic E-state index is 0.0255. The highest BCUT2D eigenvalue weighted by molar-refractivity contribution is 7.89. The van der Waals surface area contributed by atoms with Crippen LogP contribution in [0.1, 0.15) is 5.56 Å². The first-order valence-corrected chi connectivity index (χ1v) is 8.74. The Morgan fingerprint density at radius 1 is 1.11 bits per heavy atom. The molecule has 0 aliphatic heterocycles. The fourth-order valence-corrected chi connectivity index (χ4v) is 3.09. The number of alkyl halides is 5. The van der Waals surface area contributed by atoms with E-state index in [1.54, 1.807) is 0 Å². The number of nitrogens with zero attached hydrogens (tertiary/aromatic N) is 1. The molecule has 1 aromatic heterocycles. The molecule has 0 aliphatic carbocycles. The van der Waals surface area contributed by atoms with Crippen molar-refractivity contribution < 1.29 is 39.8 Å². The lowest BCUT2D eigenvalue weighted by molar-refractivity contribution is -0.154. The van der Waals surface area contributed by atoms with Crippen molar-refractivity contribution in [2.45, 2.75) is 24.2 Å². The molecule has 0 aliphatic rings. The Morgan fingerprint density at radius 3 is 2.48 bits per heavy atom. The smallest absolute Gasteiger partial charge is 0.422 e. The Hall–Kier alpha value is -2.47. The van der Waals surface area contributed by atoms with E-state index in [0.717, 1.165) is 12.1 Å². The molecule has 0 spiro atoms. The zero-order chi connectivity index (χ0) is 20.1. The molecule has 0 fully saturated rings. The van der Waals surface area contributed by atoms with Crippen molar-refractivity contribution in [1.29, 1.82) is 0 Å². The second kappa shape index (κ2) is 8.48. The van der Waals surface area contributed by atoms with Crippen molar-refractivity contribution in [3.63, 3.8) is 0 Å². The number of sulfonamides is 1. The van der Waals surface area contributed by atoms with Gasteiger partial charge >= 0.3 is 12.8 Å². The summed E-state index contributed by atoms with van der Waals surface area (Å²) in [5.74, 6) is -0.977. The fraction of sp³-hybridized carbons (Fsp3) is 0.267. The van der Waals surface area contributed by atoms with Crippen LogP contribution in [0.5, 0.6) is 11.6 Å². The highest BCUT2D eigenvalue weighted by Crippen LogP contribution is 2.26. The van der Waals surface area contributed by atoms with E-state index in [0.29, 0.717) is 0 Å². The van der Waals surface area contributed by atoms with Gasteiger partial charge in [-0.15, -0.1) is 0 Å². The highest BCUT2D eigenvalue weighted by Gasteiger charge is 2.29. The van der Waals surface area contributed by atoms with Crippen LogP contribution in [-0.4, -0.2) is 32.8 Å². The van der Waals surface area contributed by atoms with E-state index in [2.05, 4.69) is 19.2 Å². The van der Waals surface area contributed by atoms with Crippen LogP contribution < -0.4 is 14.2 Å². The first kappa shape index (κ1) is 20.8. The Balaban J connectivity index is 2.17. The van der Waals surface area contributed by atoms with Gasteiger partial charge in [-0.1, -0.05) is 18.2 Å². The van der Waals surface area contributed by atoms with Gasteiger partial charge < -0.3 is 9.47 Å². The van der Waals surface area contributed by atoms with Crippen molar-refractivity contribution in [3.05, 3.63) is 48.2 Å². The van der Waals surface area contributed by atoms with Gasteiger partial charge in [-0.05, 0) is 18.2 Å². The fourth-order valence-electron chi connectivity index (χ4n) is 1.95. The highest BCUT2D eigenvalue weighted by atomic mass is 32.2. The Kier molecular flexibility index (Phi) is 6.54. The lowest BCUT2D eigenvalue weighted by Gasteiger charge is -2.14. The molecule has 1 N–H and O–H groups in total. The number of rotatable bonds is 8. The van der Waals surface area contributed by atoms with Crippen molar-refractivity contribution >= 4 is 10.0 Å². The van der Waals surface area contributed by atoms with Gasteiger partial charge in [-0.3, -0.25) is 0 Å². The average Bonchev–Trinajstić information content (AvgIpc) is 2.58. The summed E-state index contributed by atoms with van der Waals surface area (Å²) in [5, 5.41) is 0. The summed E-state index contributed by atoms with van der Waals surface area (Å²) in [6.07, 6.45) is -3.42. The molecular formula is C15H13F5N2O4S. The molecule has 1 aromatic carbocycles. The largest absolute Gasteiger partial charge is 0.468 e. The maximum atomic E-state index is 12.4. The van der Waals surface area contributed by atoms with E-state index < -0.39 is 52.5 Å². The summed E-state index contributed by atoms with van der Waals surface area (Å²) in [5.41, 5.74) is 0.0255. The van der Waals surface area contributed by atoms with Crippen LogP contribution in [0.2, 0.25) is 0 Å². The van der Waals surface area contributed by atoms with Gasteiger partial charge in [-0.25, -0.2) is 18.1 Å². The summed E-state index contributed by atoms with van der Waals surface area (Å²) in [4.78, 5) is 3.08. The number of hydrogen-bond acceptors (Lipinski definition) is 5. The van der Waals surface area contributed by atoms with Crippen LogP contribution in [-0.2, 0) is 16.6 Å². The average molecular weight is 412 g/mol. The summed E-state index contributed by atoms with van der Waals surface area (Å²) in [6, 6.07) is 7.38. The third-order valence-corrected chi connectivity index (χ3v) is 4.47. The lowest BCUT2D eigenvalue weighted by Crippen LogP contribution is -2.25. The third-order valence-electron chi connectivity index (χ3n) is 3.03. The first-order valence-electron chi connectivity index (χ1n) is 7.25. The van der Waals surface area contributed by atoms with Gasteiger partial charge in [0.25, 0.3) is 0 Å².